The van der Waals surface area contributed by atoms with Crippen LogP contribution in [0.3, 0.4) is 0 Å². The molecule has 1 aliphatic heterocycles. The first-order valence-corrected chi connectivity index (χ1v) is 7.56. The van der Waals surface area contributed by atoms with Crippen molar-refractivity contribution in [1.29, 1.82) is 0 Å². The summed E-state index contributed by atoms with van der Waals surface area (Å²) in [6.07, 6.45) is 4.87. The van der Waals surface area contributed by atoms with Crippen molar-refractivity contribution in [2.75, 3.05) is 13.2 Å². The standard InChI is InChI=1S/C16H17ClN2O2/c17-15-13-6-2-1-5-12(13)14(10-19-15)16(20)18-8-7-11-4-3-9-21-11/h1-2,5-6,10-11H,3-4,7-9H2,(H,18,20). The van der Waals surface area contributed by atoms with Crippen molar-refractivity contribution in [2.45, 2.75) is 25.4 Å². The van der Waals surface area contributed by atoms with Gasteiger partial charge in [-0.2, -0.15) is 0 Å². The first-order valence-electron chi connectivity index (χ1n) is 7.19. The number of fused-ring (bicyclic) bond motifs is 1. The van der Waals surface area contributed by atoms with E-state index in [1.165, 1.54) is 6.20 Å². The van der Waals surface area contributed by atoms with Gasteiger partial charge in [-0.3, -0.25) is 4.79 Å². The molecule has 2 aromatic rings. The smallest absolute Gasteiger partial charge is 0.253 e. The number of carbonyl (C=O) groups is 1. The average molecular weight is 305 g/mol. The summed E-state index contributed by atoms with van der Waals surface area (Å²) in [5, 5.41) is 4.98. The van der Waals surface area contributed by atoms with Crippen molar-refractivity contribution < 1.29 is 9.53 Å². The second kappa shape index (κ2) is 6.41. The van der Waals surface area contributed by atoms with Gasteiger partial charge < -0.3 is 10.1 Å². The van der Waals surface area contributed by atoms with E-state index < -0.39 is 0 Å². The molecule has 1 fully saturated rings. The zero-order valence-corrected chi connectivity index (χ0v) is 12.4. The Labute approximate surface area is 128 Å². The number of benzene rings is 1. The Morgan fingerprint density at radius 1 is 1.38 bits per heavy atom. The van der Waals surface area contributed by atoms with Gasteiger partial charge in [-0.05, 0) is 24.6 Å². The quantitative estimate of drug-likeness (QED) is 0.883. The number of halogens is 1. The normalized spacial score (nSPS) is 18.0. The van der Waals surface area contributed by atoms with E-state index in [1.54, 1.807) is 0 Å². The van der Waals surface area contributed by atoms with Crippen LogP contribution >= 0.6 is 11.6 Å². The molecule has 1 atom stereocenters. The van der Waals surface area contributed by atoms with Gasteiger partial charge in [-0.25, -0.2) is 4.98 Å². The number of hydrogen-bond donors (Lipinski definition) is 1. The van der Waals surface area contributed by atoms with Crippen molar-refractivity contribution in [3.8, 4) is 0 Å². The first kappa shape index (κ1) is 14.3. The maximum atomic E-state index is 12.3. The zero-order valence-electron chi connectivity index (χ0n) is 11.6. The van der Waals surface area contributed by atoms with Crippen molar-refractivity contribution in [2.24, 2.45) is 0 Å². The molecule has 1 aromatic carbocycles. The maximum absolute atomic E-state index is 12.3. The lowest BCUT2D eigenvalue weighted by atomic mass is 10.1. The minimum Gasteiger partial charge on any atom is -0.378 e. The van der Waals surface area contributed by atoms with Gasteiger partial charge in [-0.1, -0.05) is 35.9 Å². The molecule has 2 heterocycles. The van der Waals surface area contributed by atoms with E-state index >= 15 is 0 Å². The largest absolute Gasteiger partial charge is 0.378 e. The minimum atomic E-state index is -0.117. The van der Waals surface area contributed by atoms with Crippen LogP contribution in [0.4, 0.5) is 0 Å². The lowest BCUT2D eigenvalue weighted by Gasteiger charge is -2.11. The van der Waals surface area contributed by atoms with Crippen LogP contribution in [-0.2, 0) is 4.74 Å². The lowest BCUT2D eigenvalue weighted by Crippen LogP contribution is -2.27. The van der Waals surface area contributed by atoms with Gasteiger partial charge in [0.25, 0.3) is 5.91 Å². The molecule has 5 heteroatoms. The van der Waals surface area contributed by atoms with Crippen molar-refractivity contribution >= 4 is 28.3 Å². The van der Waals surface area contributed by atoms with Crippen LogP contribution in [0.1, 0.15) is 29.6 Å². The lowest BCUT2D eigenvalue weighted by molar-refractivity contribution is 0.0908. The van der Waals surface area contributed by atoms with Crippen LogP contribution in [0, 0.1) is 0 Å². The Morgan fingerprint density at radius 2 is 2.19 bits per heavy atom. The fourth-order valence-corrected chi connectivity index (χ4v) is 2.87. The maximum Gasteiger partial charge on any atom is 0.253 e. The van der Waals surface area contributed by atoms with Crippen LogP contribution in [0.5, 0.6) is 0 Å². The topological polar surface area (TPSA) is 51.2 Å². The number of ether oxygens (including phenoxy) is 1. The summed E-state index contributed by atoms with van der Waals surface area (Å²) in [4.78, 5) is 16.4. The van der Waals surface area contributed by atoms with Crippen molar-refractivity contribution in [3.05, 3.63) is 41.2 Å². The third-order valence-corrected chi connectivity index (χ3v) is 4.07. The molecule has 1 saturated heterocycles. The molecule has 21 heavy (non-hydrogen) atoms. The van der Waals surface area contributed by atoms with E-state index in [-0.39, 0.29) is 12.0 Å². The van der Waals surface area contributed by atoms with Gasteiger partial charge >= 0.3 is 0 Å². The summed E-state index contributed by atoms with van der Waals surface area (Å²) in [5.41, 5.74) is 0.558. The Balaban J connectivity index is 1.71. The summed E-state index contributed by atoms with van der Waals surface area (Å²) < 4.78 is 5.55. The van der Waals surface area contributed by atoms with E-state index in [4.69, 9.17) is 16.3 Å². The number of amides is 1. The number of carbonyl (C=O) groups excluding carboxylic acids is 1. The highest BCUT2D eigenvalue weighted by atomic mass is 35.5. The number of rotatable bonds is 4. The van der Waals surface area contributed by atoms with E-state index in [9.17, 15) is 4.79 Å². The van der Waals surface area contributed by atoms with Crippen LogP contribution in [0.2, 0.25) is 5.15 Å². The van der Waals surface area contributed by atoms with Gasteiger partial charge in [0, 0.05) is 24.7 Å². The number of hydrogen-bond acceptors (Lipinski definition) is 3. The molecule has 1 N–H and O–H groups in total. The van der Waals surface area contributed by atoms with E-state index in [0.717, 1.165) is 36.6 Å². The van der Waals surface area contributed by atoms with Crippen LogP contribution in [0.25, 0.3) is 10.8 Å². The summed E-state index contributed by atoms with van der Waals surface area (Å²) >= 11 is 6.06. The monoisotopic (exact) mass is 304 g/mol. The molecule has 4 nitrogen and oxygen atoms in total. The SMILES string of the molecule is O=C(NCCC1CCCO1)c1cnc(Cl)c2ccccc12. The molecule has 1 aromatic heterocycles. The highest BCUT2D eigenvalue weighted by Crippen LogP contribution is 2.24. The third-order valence-electron chi connectivity index (χ3n) is 3.77. The second-order valence-corrected chi connectivity index (χ2v) is 5.55. The molecule has 3 rings (SSSR count). The molecule has 1 unspecified atom stereocenters. The minimum absolute atomic E-state index is 0.117. The Kier molecular flexibility index (Phi) is 4.36. The second-order valence-electron chi connectivity index (χ2n) is 5.19. The molecule has 110 valence electrons. The molecular formula is C16H17ClN2O2. The van der Waals surface area contributed by atoms with Gasteiger partial charge in [0.1, 0.15) is 5.15 Å². The van der Waals surface area contributed by atoms with E-state index in [0.29, 0.717) is 17.3 Å². The summed E-state index contributed by atoms with van der Waals surface area (Å²) in [6.45, 7) is 1.45. The van der Waals surface area contributed by atoms with E-state index in [1.807, 2.05) is 24.3 Å². The summed E-state index contributed by atoms with van der Waals surface area (Å²) in [5.74, 6) is -0.117. The predicted molar refractivity (Wildman–Crippen MR) is 82.7 cm³/mol. The Bertz CT molecular complexity index is 654. The highest BCUT2D eigenvalue weighted by molar-refractivity contribution is 6.34. The van der Waals surface area contributed by atoms with Gasteiger partial charge in [0.05, 0.1) is 11.7 Å². The highest BCUT2D eigenvalue weighted by Gasteiger charge is 2.16. The molecular weight excluding hydrogens is 288 g/mol. The molecule has 0 radical (unpaired) electrons. The Hall–Kier alpha value is -1.65. The van der Waals surface area contributed by atoms with Crippen molar-refractivity contribution in [3.63, 3.8) is 0 Å². The van der Waals surface area contributed by atoms with Gasteiger partial charge in [0.15, 0.2) is 0 Å². The number of aromatic nitrogens is 1. The molecule has 1 amide bonds. The van der Waals surface area contributed by atoms with Crippen LogP contribution < -0.4 is 5.32 Å². The number of nitrogens with zero attached hydrogens (tertiary/aromatic N) is 1. The molecule has 0 spiro atoms. The Morgan fingerprint density at radius 3 is 2.95 bits per heavy atom. The first-order chi connectivity index (χ1) is 10.3. The molecule has 0 saturated carbocycles. The fourth-order valence-electron chi connectivity index (χ4n) is 2.65. The number of nitrogens with one attached hydrogen (secondary N) is 1. The molecule has 0 bridgehead atoms. The summed E-state index contributed by atoms with van der Waals surface area (Å²) in [7, 11) is 0. The van der Waals surface area contributed by atoms with Crippen LogP contribution in [-0.4, -0.2) is 30.1 Å². The zero-order chi connectivity index (χ0) is 14.7. The molecule has 1 aliphatic rings. The predicted octanol–water partition coefficient (Wildman–Crippen LogP) is 3.19. The fraction of sp³-hybridized carbons (Fsp3) is 0.375. The van der Waals surface area contributed by atoms with Gasteiger partial charge in [0.2, 0.25) is 0 Å². The number of pyridine rings is 1. The average Bonchev–Trinajstić information content (AvgIpc) is 3.01. The summed E-state index contributed by atoms with van der Waals surface area (Å²) in [6, 6.07) is 7.53. The van der Waals surface area contributed by atoms with E-state index in [2.05, 4.69) is 10.3 Å². The van der Waals surface area contributed by atoms with Crippen LogP contribution in [0.15, 0.2) is 30.5 Å². The van der Waals surface area contributed by atoms with Gasteiger partial charge in [-0.15, -0.1) is 0 Å². The molecule has 0 aliphatic carbocycles. The third kappa shape index (κ3) is 3.17. The van der Waals surface area contributed by atoms with Crippen molar-refractivity contribution in [1.82, 2.24) is 10.3 Å².